The number of imidazole rings is 2. The maximum absolute atomic E-state index is 4.46. The van der Waals surface area contributed by atoms with Gasteiger partial charge in [-0.1, -0.05) is 124 Å². The molecule has 0 atom stereocenters. The van der Waals surface area contributed by atoms with Crippen LogP contribution in [0.1, 0.15) is 107 Å². The van der Waals surface area contributed by atoms with Gasteiger partial charge < -0.3 is 9.97 Å². The van der Waals surface area contributed by atoms with Crippen molar-refractivity contribution in [1.82, 2.24) is 19.9 Å². The molecule has 4 nitrogen and oxygen atoms in total. The monoisotopic (exact) mass is 544 g/mol. The molecule has 40 heavy (non-hydrogen) atoms. The Morgan fingerprint density at radius 1 is 0.550 bits per heavy atom. The molecule has 220 valence electrons. The largest absolute Gasteiger partial charge is 0.342 e. The lowest BCUT2D eigenvalue weighted by atomic mass is 10.2. The van der Waals surface area contributed by atoms with Crippen LogP contribution in [0.4, 0.5) is 0 Å². The molecular weight excluding hydrogens is 488 g/mol. The number of hydrogen-bond acceptors (Lipinski definition) is 2. The Labute approximate surface area is 246 Å². The van der Waals surface area contributed by atoms with E-state index >= 15 is 0 Å². The van der Waals surface area contributed by atoms with Crippen LogP contribution in [0.15, 0.2) is 78.9 Å². The molecule has 0 spiro atoms. The van der Waals surface area contributed by atoms with Crippen LogP contribution in [-0.4, -0.2) is 19.9 Å². The van der Waals surface area contributed by atoms with Gasteiger partial charge in [-0.05, 0) is 45.0 Å². The minimum atomic E-state index is 0. The Morgan fingerprint density at radius 2 is 0.875 bits per heavy atom. The molecule has 0 bridgehead atoms. The first kappa shape index (κ1) is 40.7. The molecule has 5 aromatic rings. The lowest BCUT2D eigenvalue weighted by Gasteiger charge is -1.95. The number of aryl methyl sites for hydroxylation is 1. The van der Waals surface area contributed by atoms with Crippen LogP contribution < -0.4 is 0 Å². The number of rotatable bonds is 2. The van der Waals surface area contributed by atoms with E-state index in [1.807, 2.05) is 94.4 Å². The van der Waals surface area contributed by atoms with Gasteiger partial charge >= 0.3 is 0 Å². The zero-order valence-corrected chi connectivity index (χ0v) is 24.1. The van der Waals surface area contributed by atoms with E-state index in [2.05, 4.69) is 78.5 Å². The molecule has 3 aromatic carbocycles. The Bertz CT molecular complexity index is 1180. The number of hydrogen-bond donors (Lipinski definition) is 2. The molecule has 0 saturated heterocycles. The Morgan fingerprint density at radius 3 is 1.12 bits per heavy atom. The fraction of sp³-hybridized carbons (Fsp3) is 0.389. The summed E-state index contributed by atoms with van der Waals surface area (Å²) in [6.07, 6.45) is 0. The average molecular weight is 545 g/mol. The second-order valence-electron chi connectivity index (χ2n) is 8.74. The summed E-state index contributed by atoms with van der Waals surface area (Å²) in [6.45, 7) is 18.3. The molecule has 2 N–H and O–H groups in total. The minimum absolute atomic E-state index is 0. The number of aromatic amines is 2. The summed E-state index contributed by atoms with van der Waals surface area (Å²) >= 11 is 0. The number of H-pyrrole nitrogens is 2. The van der Waals surface area contributed by atoms with Gasteiger partial charge in [-0.15, -0.1) is 11.8 Å². The predicted octanol–water partition coefficient (Wildman–Crippen LogP) is 11.3. The zero-order chi connectivity index (χ0) is 27.6. The van der Waals surface area contributed by atoms with Crippen molar-refractivity contribution in [3.63, 3.8) is 0 Å². The third-order valence-corrected chi connectivity index (χ3v) is 5.10. The first-order valence-electron chi connectivity index (χ1n) is 13.1. The van der Waals surface area contributed by atoms with Gasteiger partial charge in [-0.2, -0.15) is 0 Å². The standard InChI is InChI=1S/2C10H12N2.C7H8.C4H6.C2H6.3CH4/c2*1-7(2)10-11-8-5-3-4-6-9(8)12-10;1-7-5-3-2-4-6-7;1-3-4-2;1-2;;;/h2*3-7H,1-2H3,(H,11,12);2-6H,1H3;1-2H3;1-2H3;3*1H4. The van der Waals surface area contributed by atoms with Gasteiger partial charge in [-0.25, -0.2) is 9.97 Å². The lowest BCUT2D eigenvalue weighted by molar-refractivity contribution is 0.799. The molecule has 0 unspecified atom stereocenters. The summed E-state index contributed by atoms with van der Waals surface area (Å²) in [6, 6.07) is 26.5. The number of nitrogens with one attached hydrogen (secondary N) is 2. The minimum Gasteiger partial charge on any atom is -0.342 e. The van der Waals surface area contributed by atoms with Crippen LogP contribution in [-0.2, 0) is 0 Å². The number of nitrogens with zero attached hydrogens (tertiary/aromatic N) is 2. The number of aromatic nitrogens is 4. The summed E-state index contributed by atoms with van der Waals surface area (Å²) in [7, 11) is 0. The Hall–Kier alpha value is -3.84. The molecule has 0 aliphatic carbocycles. The molecule has 0 amide bonds. The number of fused-ring (bicyclic) bond motifs is 2. The molecular formula is C36H56N4. The number of benzene rings is 3. The zero-order valence-electron chi connectivity index (χ0n) is 24.1. The van der Waals surface area contributed by atoms with Gasteiger partial charge in [0.1, 0.15) is 11.6 Å². The van der Waals surface area contributed by atoms with E-state index in [9.17, 15) is 0 Å². The fourth-order valence-corrected chi connectivity index (χ4v) is 3.03. The van der Waals surface area contributed by atoms with E-state index in [1.54, 1.807) is 0 Å². The van der Waals surface area contributed by atoms with Crippen LogP contribution in [0.2, 0.25) is 0 Å². The smallest absolute Gasteiger partial charge is 0.109 e. The van der Waals surface area contributed by atoms with Crippen LogP contribution in [0.3, 0.4) is 0 Å². The highest BCUT2D eigenvalue weighted by Crippen LogP contribution is 2.16. The summed E-state index contributed by atoms with van der Waals surface area (Å²) in [4.78, 5) is 15.5. The molecule has 0 saturated carbocycles. The fourth-order valence-electron chi connectivity index (χ4n) is 3.03. The van der Waals surface area contributed by atoms with Gasteiger partial charge in [0.2, 0.25) is 0 Å². The third-order valence-electron chi connectivity index (χ3n) is 5.10. The summed E-state index contributed by atoms with van der Waals surface area (Å²) < 4.78 is 0. The van der Waals surface area contributed by atoms with Crippen molar-refractivity contribution in [2.24, 2.45) is 0 Å². The van der Waals surface area contributed by atoms with Crippen molar-refractivity contribution in [2.45, 2.75) is 96.4 Å². The Balaban J connectivity index is -0.000000463. The van der Waals surface area contributed by atoms with Crippen molar-refractivity contribution in [3.8, 4) is 11.8 Å². The predicted molar refractivity (Wildman–Crippen MR) is 182 cm³/mol. The van der Waals surface area contributed by atoms with Crippen LogP contribution in [0.25, 0.3) is 22.1 Å². The van der Waals surface area contributed by atoms with E-state index in [-0.39, 0.29) is 22.3 Å². The van der Waals surface area contributed by atoms with E-state index in [0.29, 0.717) is 11.8 Å². The van der Waals surface area contributed by atoms with Gasteiger partial charge in [0, 0.05) is 11.8 Å². The molecule has 0 radical (unpaired) electrons. The van der Waals surface area contributed by atoms with Crippen LogP contribution in [0.5, 0.6) is 0 Å². The highest BCUT2D eigenvalue weighted by Gasteiger charge is 2.05. The number of para-hydroxylation sites is 4. The lowest BCUT2D eigenvalue weighted by Crippen LogP contribution is -1.88. The average Bonchev–Trinajstić information content (AvgIpc) is 3.56. The molecule has 2 aromatic heterocycles. The van der Waals surface area contributed by atoms with Crippen molar-refractivity contribution in [3.05, 3.63) is 96.1 Å². The van der Waals surface area contributed by atoms with Gasteiger partial charge in [0.05, 0.1) is 22.1 Å². The van der Waals surface area contributed by atoms with Crippen molar-refractivity contribution >= 4 is 22.1 Å². The second-order valence-corrected chi connectivity index (χ2v) is 8.74. The topological polar surface area (TPSA) is 57.4 Å². The van der Waals surface area contributed by atoms with Gasteiger partial charge in [0.15, 0.2) is 0 Å². The SMILES string of the molecule is C.C.C.CC.CC#CC.CC(C)c1nc2ccccc2[nH]1.CC(C)c1nc2ccccc2[nH]1.Cc1ccccc1. The Kier molecular flexibility index (Phi) is 23.5. The summed E-state index contributed by atoms with van der Waals surface area (Å²) in [5.41, 5.74) is 5.69. The van der Waals surface area contributed by atoms with Gasteiger partial charge in [0.25, 0.3) is 0 Å². The summed E-state index contributed by atoms with van der Waals surface area (Å²) in [5.74, 6) is 8.43. The van der Waals surface area contributed by atoms with Gasteiger partial charge in [-0.3, -0.25) is 0 Å². The highest BCUT2D eigenvalue weighted by molar-refractivity contribution is 5.75. The highest BCUT2D eigenvalue weighted by atomic mass is 14.9. The van der Waals surface area contributed by atoms with Crippen molar-refractivity contribution in [1.29, 1.82) is 0 Å². The molecule has 0 aliphatic heterocycles. The van der Waals surface area contributed by atoms with Crippen LogP contribution in [0, 0.1) is 18.8 Å². The first-order valence-corrected chi connectivity index (χ1v) is 13.1. The van der Waals surface area contributed by atoms with E-state index in [0.717, 1.165) is 33.7 Å². The molecule has 0 aliphatic rings. The second kappa shape index (κ2) is 23.1. The maximum Gasteiger partial charge on any atom is 0.109 e. The molecule has 5 rings (SSSR count). The normalized spacial score (nSPS) is 8.78. The maximum atomic E-state index is 4.46. The van der Waals surface area contributed by atoms with Crippen LogP contribution >= 0.6 is 0 Å². The molecule has 0 fully saturated rings. The third kappa shape index (κ3) is 14.4. The first-order chi connectivity index (χ1) is 17.8. The van der Waals surface area contributed by atoms with Crippen molar-refractivity contribution < 1.29 is 0 Å². The molecule has 4 heteroatoms. The quantitative estimate of drug-likeness (QED) is 0.217. The van der Waals surface area contributed by atoms with E-state index in [1.165, 1.54) is 5.56 Å². The van der Waals surface area contributed by atoms with Crippen molar-refractivity contribution in [2.75, 3.05) is 0 Å². The molecule has 2 heterocycles. The van der Waals surface area contributed by atoms with E-state index < -0.39 is 0 Å². The van der Waals surface area contributed by atoms with E-state index in [4.69, 9.17) is 0 Å². The summed E-state index contributed by atoms with van der Waals surface area (Å²) in [5, 5.41) is 0.